The second-order valence-corrected chi connectivity index (χ2v) is 2.34. The number of benzene rings is 1. The van der Waals surface area contributed by atoms with Crippen molar-refractivity contribution in [2.75, 3.05) is 12.3 Å². The number of rotatable bonds is 3. The van der Waals surface area contributed by atoms with E-state index in [1.54, 1.807) is 18.2 Å². The van der Waals surface area contributed by atoms with Crippen LogP contribution < -0.4 is 10.5 Å². The predicted molar refractivity (Wildman–Crippen MR) is 47.4 cm³/mol. The Morgan fingerprint density at radius 2 is 2.33 bits per heavy atom. The minimum atomic E-state index is 0.455. The lowest BCUT2D eigenvalue weighted by atomic mass is 10.2. The maximum atomic E-state index is 10.4. The average Bonchev–Trinajstić information content (AvgIpc) is 2.05. The van der Waals surface area contributed by atoms with Crippen molar-refractivity contribution in [1.82, 2.24) is 0 Å². The number of ether oxygens (including phenoxy) is 1. The lowest BCUT2D eigenvalue weighted by Gasteiger charge is -2.04. The van der Waals surface area contributed by atoms with Crippen molar-refractivity contribution in [1.29, 1.82) is 0 Å². The molecule has 3 nitrogen and oxygen atoms in total. The number of carbonyl (C=O) groups is 1. The van der Waals surface area contributed by atoms with Crippen LogP contribution in [-0.4, -0.2) is 12.9 Å². The van der Waals surface area contributed by atoms with Crippen LogP contribution in [0.3, 0.4) is 0 Å². The molecule has 0 saturated carbocycles. The molecule has 0 amide bonds. The molecular formula is C9H11NO2. The van der Waals surface area contributed by atoms with E-state index in [1.807, 2.05) is 6.92 Å². The Labute approximate surface area is 71.1 Å². The second-order valence-electron chi connectivity index (χ2n) is 2.34. The zero-order valence-corrected chi connectivity index (χ0v) is 6.91. The molecule has 0 fully saturated rings. The second kappa shape index (κ2) is 3.76. The van der Waals surface area contributed by atoms with Crippen molar-refractivity contribution in [3.63, 3.8) is 0 Å². The van der Waals surface area contributed by atoms with Gasteiger partial charge in [0.05, 0.1) is 6.61 Å². The number of carbonyl (C=O) groups excluding carboxylic acids is 1. The fourth-order valence-corrected chi connectivity index (χ4v) is 0.917. The molecule has 0 aromatic heterocycles. The van der Waals surface area contributed by atoms with Crippen molar-refractivity contribution in [3.8, 4) is 5.75 Å². The Balaban J connectivity index is 2.93. The Kier molecular flexibility index (Phi) is 2.69. The topological polar surface area (TPSA) is 52.3 Å². The maximum absolute atomic E-state index is 10.4. The SMILES string of the molecule is CCOc1ccc(C=O)c(N)c1. The summed E-state index contributed by atoms with van der Waals surface area (Å²) >= 11 is 0. The van der Waals surface area contributed by atoms with Crippen molar-refractivity contribution in [3.05, 3.63) is 23.8 Å². The molecule has 0 saturated heterocycles. The number of hydrogen-bond acceptors (Lipinski definition) is 3. The first-order chi connectivity index (χ1) is 5.77. The van der Waals surface area contributed by atoms with Crippen LogP contribution in [0.4, 0.5) is 5.69 Å². The van der Waals surface area contributed by atoms with Crippen molar-refractivity contribution < 1.29 is 9.53 Å². The molecule has 1 aromatic rings. The van der Waals surface area contributed by atoms with Gasteiger partial charge in [0.2, 0.25) is 0 Å². The summed E-state index contributed by atoms with van der Waals surface area (Å²) in [6, 6.07) is 5.02. The first-order valence-corrected chi connectivity index (χ1v) is 3.75. The van der Waals surface area contributed by atoms with Crippen LogP contribution in [0.15, 0.2) is 18.2 Å². The first-order valence-electron chi connectivity index (χ1n) is 3.75. The summed E-state index contributed by atoms with van der Waals surface area (Å²) in [6.07, 6.45) is 0.727. The van der Waals surface area contributed by atoms with Gasteiger partial charge in [0.15, 0.2) is 6.29 Å². The maximum Gasteiger partial charge on any atom is 0.152 e. The van der Waals surface area contributed by atoms with Gasteiger partial charge in [-0.3, -0.25) is 4.79 Å². The van der Waals surface area contributed by atoms with Crippen molar-refractivity contribution >= 4 is 12.0 Å². The lowest BCUT2D eigenvalue weighted by Crippen LogP contribution is -1.96. The molecule has 3 heteroatoms. The molecule has 64 valence electrons. The summed E-state index contributed by atoms with van der Waals surface area (Å²) in [5.74, 6) is 0.695. The average molecular weight is 165 g/mol. The van der Waals surface area contributed by atoms with E-state index in [0.717, 1.165) is 6.29 Å². The van der Waals surface area contributed by atoms with Gasteiger partial charge in [0, 0.05) is 17.3 Å². The highest BCUT2D eigenvalue weighted by atomic mass is 16.5. The van der Waals surface area contributed by atoms with Gasteiger partial charge in [-0.1, -0.05) is 0 Å². The lowest BCUT2D eigenvalue weighted by molar-refractivity contribution is 0.112. The summed E-state index contributed by atoms with van der Waals surface area (Å²) in [6.45, 7) is 2.49. The molecule has 12 heavy (non-hydrogen) atoms. The fraction of sp³-hybridized carbons (Fsp3) is 0.222. The van der Waals surface area contributed by atoms with Gasteiger partial charge in [-0.2, -0.15) is 0 Å². The van der Waals surface area contributed by atoms with E-state index < -0.39 is 0 Å². The van der Waals surface area contributed by atoms with Gasteiger partial charge in [-0.15, -0.1) is 0 Å². The predicted octanol–water partition coefficient (Wildman–Crippen LogP) is 1.48. The summed E-state index contributed by atoms with van der Waals surface area (Å²) in [5.41, 5.74) is 6.50. The minimum Gasteiger partial charge on any atom is -0.494 e. The molecule has 0 aliphatic heterocycles. The van der Waals surface area contributed by atoms with E-state index in [-0.39, 0.29) is 0 Å². The van der Waals surface area contributed by atoms with Gasteiger partial charge in [0.1, 0.15) is 5.75 Å². The molecule has 2 N–H and O–H groups in total. The quantitative estimate of drug-likeness (QED) is 0.545. The van der Waals surface area contributed by atoms with Gasteiger partial charge in [-0.05, 0) is 19.1 Å². The molecule has 0 bridgehead atoms. The molecule has 0 heterocycles. The van der Waals surface area contributed by atoms with Crippen LogP contribution in [0, 0.1) is 0 Å². The van der Waals surface area contributed by atoms with E-state index in [2.05, 4.69) is 0 Å². The van der Waals surface area contributed by atoms with E-state index in [0.29, 0.717) is 23.6 Å². The smallest absolute Gasteiger partial charge is 0.152 e. The molecule has 1 aromatic carbocycles. The standard InChI is InChI=1S/C9H11NO2/c1-2-12-8-4-3-7(6-11)9(10)5-8/h3-6H,2,10H2,1H3. The Hall–Kier alpha value is -1.51. The monoisotopic (exact) mass is 165 g/mol. The number of nitrogens with two attached hydrogens (primary N) is 1. The van der Waals surface area contributed by atoms with Crippen LogP contribution >= 0.6 is 0 Å². The van der Waals surface area contributed by atoms with E-state index in [9.17, 15) is 4.79 Å². The van der Waals surface area contributed by atoms with Crippen LogP contribution in [0.25, 0.3) is 0 Å². The van der Waals surface area contributed by atoms with Crippen molar-refractivity contribution in [2.45, 2.75) is 6.92 Å². The van der Waals surface area contributed by atoms with Crippen molar-refractivity contribution in [2.24, 2.45) is 0 Å². The molecule has 0 atom stereocenters. The third-order valence-corrected chi connectivity index (χ3v) is 1.50. The van der Waals surface area contributed by atoms with Gasteiger partial charge in [-0.25, -0.2) is 0 Å². The number of hydrogen-bond donors (Lipinski definition) is 1. The van der Waals surface area contributed by atoms with Gasteiger partial charge in [0.25, 0.3) is 0 Å². The Bertz CT molecular complexity index is 284. The number of nitrogen functional groups attached to an aromatic ring is 1. The van der Waals surface area contributed by atoms with E-state index in [1.165, 1.54) is 0 Å². The zero-order valence-electron chi connectivity index (χ0n) is 6.91. The zero-order chi connectivity index (χ0) is 8.97. The molecule has 1 rings (SSSR count). The molecular weight excluding hydrogens is 154 g/mol. The number of anilines is 1. The summed E-state index contributed by atoms with van der Waals surface area (Å²) < 4.78 is 5.19. The van der Waals surface area contributed by atoms with Crippen LogP contribution in [0.1, 0.15) is 17.3 Å². The first kappa shape index (κ1) is 8.59. The summed E-state index contributed by atoms with van der Waals surface area (Å²) in [7, 11) is 0. The fourth-order valence-electron chi connectivity index (χ4n) is 0.917. The molecule has 0 radical (unpaired) electrons. The van der Waals surface area contributed by atoms with E-state index >= 15 is 0 Å². The van der Waals surface area contributed by atoms with Gasteiger partial charge < -0.3 is 10.5 Å². The molecule has 0 spiro atoms. The van der Waals surface area contributed by atoms with Crippen LogP contribution in [0.5, 0.6) is 5.75 Å². The number of aldehydes is 1. The third-order valence-electron chi connectivity index (χ3n) is 1.50. The Morgan fingerprint density at radius 1 is 1.58 bits per heavy atom. The van der Waals surface area contributed by atoms with Crippen LogP contribution in [-0.2, 0) is 0 Å². The third kappa shape index (κ3) is 1.75. The molecule has 0 aliphatic carbocycles. The highest BCUT2D eigenvalue weighted by molar-refractivity contribution is 5.83. The summed E-state index contributed by atoms with van der Waals surface area (Å²) in [4.78, 5) is 10.4. The minimum absolute atomic E-state index is 0.455. The molecule has 0 aliphatic rings. The normalized spacial score (nSPS) is 9.42. The highest BCUT2D eigenvalue weighted by Gasteiger charge is 1.98. The Morgan fingerprint density at radius 3 is 2.83 bits per heavy atom. The summed E-state index contributed by atoms with van der Waals surface area (Å²) in [5, 5.41) is 0. The largest absolute Gasteiger partial charge is 0.494 e. The van der Waals surface area contributed by atoms with Crippen LogP contribution in [0.2, 0.25) is 0 Å². The molecule has 0 unspecified atom stereocenters. The highest BCUT2D eigenvalue weighted by Crippen LogP contribution is 2.18. The van der Waals surface area contributed by atoms with E-state index in [4.69, 9.17) is 10.5 Å². The van der Waals surface area contributed by atoms with Gasteiger partial charge >= 0.3 is 0 Å².